The third kappa shape index (κ3) is 2.64. The fraction of sp³-hybridized carbons (Fsp3) is 0.389. The fourth-order valence-electron chi connectivity index (χ4n) is 4.41. The average molecular weight is 378 g/mol. The standard InChI is InChI=1S/C18H17F3N4O2/c1-10-14-8-25(16-22-6-11(7-23-16)15(26)24-27)9-17(10,14)12-4-2-3-5-13(12)18(19,20)21/h2-7,10,14,27H,8-9H2,1H3,(H,24,26)/t10-,14+,17-/m1/s1. The molecule has 4 rings (SSSR count). The van der Waals surface area contributed by atoms with E-state index in [1.807, 2.05) is 11.8 Å². The molecule has 2 fully saturated rings. The Kier molecular flexibility index (Phi) is 3.88. The van der Waals surface area contributed by atoms with Crippen LogP contribution in [0.5, 0.6) is 0 Å². The van der Waals surface area contributed by atoms with Crippen molar-refractivity contribution < 1.29 is 23.2 Å². The summed E-state index contributed by atoms with van der Waals surface area (Å²) >= 11 is 0. The van der Waals surface area contributed by atoms with Gasteiger partial charge in [-0.25, -0.2) is 15.4 Å². The molecule has 2 N–H and O–H groups in total. The van der Waals surface area contributed by atoms with Crippen molar-refractivity contribution in [3.8, 4) is 0 Å². The number of carbonyl (C=O) groups excluding carboxylic acids is 1. The van der Waals surface area contributed by atoms with E-state index in [0.29, 0.717) is 24.6 Å². The number of nitrogens with zero attached hydrogens (tertiary/aromatic N) is 3. The van der Waals surface area contributed by atoms with Crippen molar-refractivity contribution in [2.45, 2.75) is 18.5 Å². The number of halogens is 3. The summed E-state index contributed by atoms with van der Waals surface area (Å²) in [6.45, 7) is 2.92. The highest BCUT2D eigenvalue weighted by atomic mass is 19.4. The normalized spacial score (nSPS) is 26.6. The molecule has 1 saturated heterocycles. The van der Waals surface area contributed by atoms with Crippen LogP contribution in [0.25, 0.3) is 0 Å². The molecule has 0 radical (unpaired) electrons. The van der Waals surface area contributed by atoms with Crippen LogP contribution >= 0.6 is 0 Å². The van der Waals surface area contributed by atoms with Crippen LogP contribution in [0.15, 0.2) is 36.7 Å². The van der Waals surface area contributed by atoms with Gasteiger partial charge in [-0.1, -0.05) is 25.1 Å². The lowest BCUT2D eigenvalue weighted by Gasteiger charge is -2.25. The zero-order valence-corrected chi connectivity index (χ0v) is 14.4. The van der Waals surface area contributed by atoms with E-state index in [-0.39, 0.29) is 17.4 Å². The Labute approximate surface area is 153 Å². The maximum atomic E-state index is 13.5. The summed E-state index contributed by atoms with van der Waals surface area (Å²) in [7, 11) is 0. The molecule has 0 unspecified atom stereocenters. The van der Waals surface area contributed by atoms with Gasteiger partial charge in [0.15, 0.2) is 0 Å². The number of piperidine rings is 1. The molecule has 1 saturated carbocycles. The highest BCUT2D eigenvalue weighted by Gasteiger charge is 2.69. The van der Waals surface area contributed by atoms with E-state index < -0.39 is 23.1 Å². The zero-order chi connectivity index (χ0) is 19.4. The van der Waals surface area contributed by atoms with Crippen LogP contribution in [-0.4, -0.2) is 34.2 Å². The molecule has 0 spiro atoms. The van der Waals surface area contributed by atoms with Gasteiger partial charge < -0.3 is 4.90 Å². The lowest BCUT2D eigenvalue weighted by molar-refractivity contribution is -0.138. The summed E-state index contributed by atoms with van der Waals surface area (Å²) in [6, 6.07) is 5.75. The molecule has 1 aromatic carbocycles. The Morgan fingerprint density at radius 3 is 2.59 bits per heavy atom. The Morgan fingerprint density at radius 1 is 1.30 bits per heavy atom. The molecule has 27 heavy (non-hydrogen) atoms. The van der Waals surface area contributed by atoms with Crippen LogP contribution in [0.4, 0.5) is 19.1 Å². The Balaban J connectivity index is 1.63. The first-order valence-electron chi connectivity index (χ1n) is 8.47. The molecular weight excluding hydrogens is 361 g/mol. The van der Waals surface area contributed by atoms with Crippen LogP contribution in [0.1, 0.15) is 28.4 Å². The van der Waals surface area contributed by atoms with Crippen LogP contribution < -0.4 is 10.4 Å². The second-order valence-electron chi connectivity index (χ2n) is 7.07. The summed E-state index contributed by atoms with van der Waals surface area (Å²) < 4.78 is 40.5. The van der Waals surface area contributed by atoms with Crippen LogP contribution in [-0.2, 0) is 11.6 Å². The first kappa shape index (κ1) is 17.7. The van der Waals surface area contributed by atoms with Gasteiger partial charge in [-0.05, 0) is 23.5 Å². The monoisotopic (exact) mass is 378 g/mol. The number of fused-ring (bicyclic) bond motifs is 1. The number of aromatic nitrogens is 2. The number of amides is 1. The summed E-state index contributed by atoms with van der Waals surface area (Å²) in [5, 5.41) is 8.63. The fourth-order valence-corrected chi connectivity index (χ4v) is 4.41. The number of nitrogens with one attached hydrogen (secondary N) is 1. The van der Waals surface area contributed by atoms with Gasteiger partial charge in [-0.15, -0.1) is 0 Å². The van der Waals surface area contributed by atoms with Crippen molar-refractivity contribution in [3.05, 3.63) is 53.3 Å². The van der Waals surface area contributed by atoms with Crippen LogP contribution in [0, 0.1) is 11.8 Å². The van der Waals surface area contributed by atoms with Crippen molar-refractivity contribution >= 4 is 11.9 Å². The second kappa shape index (κ2) is 5.91. The lowest BCUT2D eigenvalue weighted by atomic mass is 9.88. The molecule has 3 atom stereocenters. The molecule has 2 aromatic rings. The van der Waals surface area contributed by atoms with Crippen molar-refractivity contribution in [1.82, 2.24) is 15.4 Å². The molecular formula is C18H17F3N4O2. The van der Waals surface area contributed by atoms with Gasteiger partial charge in [0.2, 0.25) is 5.95 Å². The van der Waals surface area contributed by atoms with Crippen molar-refractivity contribution in [2.75, 3.05) is 18.0 Å². The van der Waals surface area contributed by atoms with Crippen molar-refractivity contribution in [2.24, 2.45) is 11.8 Å². The molecule has 1 aliphatic heterocycles. The van der Waals surface area contributed by atoms with Gasteiger partial charge in [-0.2, -0.15) is 13.2 Å². The van der Waals surface area contributed by atoms with Gasteiger partial charge in [0.25, 0.3) is 5.91 Å². The summed E-state index contributed by atoms with van der Waals surface area (Å²) in [4.78, 5) is 21.5. The first-order valence-corrected chi connectivity index (χ1v) is 8.47. The number of carbonyl (C=O) groups is 1. The van der Waals surface area contributed by atoms with E-state index >= 15 is 0 Å². The second-order valence-corrected chi connectivity index (χ2v) is 7.07. The Bertz CT molecular complexity index is 887. The highest BCUT2D eigenvalue weighted by Crippen LogP contribution is 2.65. The molecule has 2 heterocycles. The predicted octanol–water partition coefficient (Wildman–Crippen LogP) is 2.64. The van der Waals surface area contributed by atoms with Crippen molar-refractivity contribution in [3.63, 3.8) is 0 Å². The van der Waals surface area contributed by atoms with E-state index in [1.165, 1.54) is 23.9 Å². The number of rotatable bonds is 3. The minimum atomic E-state index is -4.40. The molecule has 2 aliphatic rings. The summed E-state index contributed by atoms with van der Waals surface area (Å²) in [6.07, 6.45) is -1.85. The summed E-state index contributed by atoms with van der Waals surface area (Å²) in [5.74, 6) is -0.149. The molecule has 9 heteroatoms. The maximum absolute atomic E-state index is 13.5. The number of benzene rings is 1. The average Bonchev–Trinajstić information content (AvgIpc) is 3.03. The number of hydroxylamine groups is 1. The van der Waals surface area contributed by atoms with E-state index in [4.69, 9.17) is 5.21 Å². The topological polar surface area (TPSA) is 78.4 Å². The van der Waals surface area contributed by atoms with E-state index in [9.17, 15) is 18.0 Å². The number of hydrogen-bond acceptors (Lipinski definition) is 5. The van der Waals surface area contributed by atoms with E-state index in [1.54, 1.807) is 12.1 Å². The lowest BCUT2D eigenvalue weighted by Crippen LogP contribution is -2.31. The van der Waals surface area contributed by atoms with Crippen LogP contribution in [0.2, 0.25) is 0 Å². The molecule has 1 amide bonds. The highest BCUT2D eigenvalue weighted by molar-refractivity contribution is 5.92. The van der Waals surface area contributed by atoms with Gasteiger partial charge in [0, 0.05) is 30.9 Å². The number of anilines is 1. The Morgan fingerprint density at radius 2 is 1.96 bits per heavy atom. The van der Waals surface area contributed by atoms with Gasteiger partial charge in [0.1, 0.15) is 0 Å². The van der Waals surface area contributed by atoms with Gasteiger partial charge in [0.05, 0.1) is 11.1 Å². The smallest absolute Gasteiger partial charge is 0.340 e. The van der Waals surface area contributed by atoms with E-state index in [2.05, 4.69) is 9.97 Å². The quantitative estimate of drug-likeness (QED) is 0.634. The minimum absolute atomic E-state index is 0.0880. The van der Waals surface area contributed by atoms with Crippen molar-refractivity contribution in [1.29, 1.82) is 0 Å². The van der Waals surface area contributed by atoms with Crippen LogP contribution in [0.3, 0.4) is 0 Å². The first-order chi connectivity index (χ1) is 12.8. The SMILES string of the molecule is C[C@@H]1[C@@H]2CN(c3ncc(C(=O)NO)cn3)C[C@]12c1ccccc1C(F)(F)F. The molecule has 142 valence electrons. The number of hydrogen-bond donors (Lipinski definition) is 2. The third-order valence-corrected chi connectivity index (χ3v) is 5.86. The molecule has 6 nitrogen and oxygen atoms in total. The molecule has 0 bridgehead atoms. The number of alkyl halides is 3. The maximum Gasteiger partial charge on any atom is 0.416 e. The third-order valence-electron chi connectivity index (χ3n) is 5.86. The minimum Gasteiger partial charge on any atom is -0.340 e. The predicted molar refractivity (Wildman–Crippen MR) is 89.3 cm³/mol. The largest absolute Gasteiger partial charge is 0.416 e. The van der Waals surface area contributed by atoms with Gasteiger partial charge in [-0.3, -0.25) is 10.0 Å². The Hall–Kier alpha value is -2.68. The molecule has 1 aliphatic carbocycles. The van der Waals surface area contributed by atoms with E-state index in [0.717, 1.165) is 6.07 Å². The van der Waals surface area contributed by atoms with Gasteiger partial charge >= 0.3 is 6.18 Å². The molecule has 1 aromatic heterocycles. The summed E-state index contributed by atoms with van der Waals surface area (Å²) in [5.41, 5.74) is 0.761. The zero-order valence-electron chi connectivity index (χ0n) is 14.4.